The highest BCUT2D eigenvalue weighted by atomic mass is 32.2. The van der Waals surface area contributed by atoms with Crippen LogP contribution in [0.1, 0.15) is 20.3 Å². The Kier molecular flexibility index (Phi) is 7.12. The van der Waals surface area contributed by atoms with Crippen LogP contribution in [0.2, 0.25) is 0 Å². The fraction of sp³-hybridized carbons (Fsp3) is 0.778. The van der Waals surface area contributed by atoms with E-state index < -0.39 is 10.8 Å². The van der Waals surface area contributed by atoms with Crippen LogP contribution in [0.25, 0.3) is 0 Å². The van der Waals surface area contributed by atoms with Crippen LogP contribution in [0.15, 0.2) is 0 Å². The molecule has 2 atom stereocenters. The van der Waals surface area contributed by atoms with Crippen molar-refractivity contribution in [3.63, 3.8) is 0 Å². The van der Waals surface area contributed by atoms with Gasteiger partial charge in [0.15, 0.2) is 0 Å². The second-order valence-corrected chi connectivity index (χ2v) is 4.33. The Morgan fingerprint density at radius 2 is 2.25 bits per heavy atom. The summed E-state index contributed by atoms with van der Waals surface area (Å²) >= 11 is 0. The lowest BCUT2D eigenvalue weighted by atomic mass is 10.2. The Balaban J connectivity index is 3.37. The molecule has 0 amide bonds. The van der Waals surface area contributed by atoms with Gasteiger partial charge in [-0.05, 0) is 20.3 Å². The maximum atomic E-state index is 10.7. The summed E-state index contributed by atoms with van der Waals surface area (Å²) in [6.45, 7) is 4.64. The van der Waals surface area contributed by atoms with Crippen LogP contribution in [0.3, 0.4) is 0 Å². The summed E-state index contributed by atoms with van der Waals surface area (Å²) in [6, 6.07) is 0.412. The largest absolute Gasteiger partial charge is 0.304 e. The molecule has 0 aliphatic carbocycles. The molecule has 0 aromatic rings. The summed E-state index contributed by atoms with van der Waals surface area (Å²) in [5.41, 5.74) is 0. The van der Waals surface area contributed by atoms with Crippen molar-refractivity contribution in [2.24, 2.45) is 0 Å². The van der Waals surface area contributed by atoms with E-state index in [1.54, 1.807) is 6.26 Å². The van der Waals surface area contributed by atoms with Gasteiger partial charge < -0.3 is 5.32 Å². The predicted molar refractivity (Wildman–Crippen MR) is 54.5 cm³/mol. The molecular formula is C9H17NOS. The number of hydrogen-bond donors (Lipinski definition) is 1. The van der Waals surface area contributed by atoms with E-state index in [-0.39, 0.29) is 0 Å². The van der Waals surface area contributed by atoms with Crippen LogP contribution in [-0.4, -0.2) is 28.8 Å². The normalized spacial score (nSPS) is 14.6. The van der Waals surface area contributed by atoms with Gasteiger partial charge in [0.25, 0.3) is 0 Å². The van der Waals surface area contributed by atoms with Crippen molar-refractivity contribution in [1.82, 2.24) is 5.32 Å². The minimum Gasteiger partial charge on any atom is -0.304 e. The maximum Gasteiger partial charge on any atom is 0.0578 e. The Morgan fingerprint density at radius 3 is 2.75 bits per heavy atom. The van der Waals surface area contributed by atoms with Crippen molar-refractivity contribution in [2.45, 2.75) is 26.3 Å². The number of nitrogens with one attached hydrogen (secondary N) is 1. The first-order valence-corrected chi connectivity index (χ1v) is 5.82. The first-order valence-electron chi connectivity index (χ1n) is 4.09. The van der Waals surface area contributed by atoms with Gasteiger partial charge >= 0.3 is 0 Å². The molecule has 0 saturated heterocycles. The molecule has 12 heavy (non-hydrogen) atoms. The monoisotopic (exact) mass is 187 g/mol. The zero-order valence-corrected chi connectivity index (χ0v) is 8.83. The van der Waals surface area contributed by atoms with Gasteiger partial charge in [-0.1, -0.05) is 5.92 Å². The van der Waals surface area contributed by atoms with E-state index in [4.69, 9.17) is 0 Å². The average molecular weight is 187 g/mol. The third-order valence-corrected chi connectivity index (χ3v) is 2.36. The van der Waals surface area contributed by atoms with Gasteiger partial charge in [-0.25, -0.2) is 0 Å². The third-order valence-electron chi connectivity index (χ3n) is 1.55. The number of hydrogen-bond acceptors (Lipinski definition) is 2. The molecule has 0 fully saturated rings. The van der Waals surface area contributed by atoms with E-state index in [2.05, 4.69) is 24.1 Å². The fourth-order valence-electron chi connectivity index (χ4n) is 0.758. The highest BCUT2D eigenvalue weighted by molar-refractivity contribution is 7.84. The minimum atomic E-state index is -0.670. The quantitative estimate of drug-likeness (QED) is 0.644. The molecule has 2 unspecified atom stereocenters. The maximum absolute atomic E-state index is 10.7. The highest BCUT2D eigenvalue weighted by Gasteiger charge is 2.00. The Hall–Kier alpha value is -0.330. The van der Waals surface area contributed by atoms with Crippen molar-refractivity contribution in [1.29, 1.82) is 0 Å². The SMILES string of the molecule is CC#CCNC(C)CCS(C)=O. The summed E-state index contributed by atoms with van der Waals surface area (Å²) in [5.74, 6) is 6.52. The molecule has 0 rings (SSSR count). The van der Waals surface area contributed by atoms with Gasteiger partial charge in [-0.2, -0.15) is 0 Å². The van der Waals surface area contributed by atoms with Crippen LogP contribution in [0, 0.1) is 11.8 Å². The van der Waals surface area contributed by atoms with Gasteiger partial charge in [0, 0.05) is 28.9 Å². The smallest absolute Gasteiger partial charge is 0.0578 e. The second kappa shape index (κ2) is 7.33. The zero-order valence-electron chi connectivity index (χ0n) is 8.02. The van der Waals surface area contributed by atoms with Crippen LogP contribution < -0.4 is 5.32 Å². The summed E-state index contributed by atoms with van der Waals surface area (Å²) in [4.78, 5) is 0. The van der Waals surface area contributed by atoms with Crippen LogP contribution in [0.4, 0.5) is 0 Å². The molecule has 70 valence electrons. The Morgan fingerprint density at radius 1 is 1.58 bits per heavy atom. The molecule has 0 aliphatic heterocycles. The number of rotatable bonds is 5. The summed E-state index contributed by atoms with van der Waals surface area (Å²) in [6.07, 6.45) is 2.69. The van der Waals surface area contributed by atoms with E-state index in [0.717, 1.165) is 18.7 Å². The molecule has 1 N–H and O–H groups in total. The molecule has 0 aromatic heterocycles. The molecule has 0 spiro atoms. The van der Waals surface area contributed by atoms with E-state index in [1.165, 1.54) is 0 Å². The molecule has 0 radical (unpaired) electrons. The summed E-state index contributed by atoms with van der Waals surface area (Å²) in [5, 5.41) is 3.23. The Bertz CT molecular complexity index is 192. The molecule has 0 aromatic carbocycles. The first-order chi connectivity index (χ1) is 5.66. The lowest BCUT2D eigenvalue weighted by Crippen LogP contribution is -2.27. The van der Waals surface area contributed by atoms with E-state index in [0.29, 0.717) is 6.04 Å². The summed E-state index contributed by atoms with van der Waals surface area (Å²) in [7, 11) is -0.670. The molecule has 0 heterocycles. The van der Waals surface area contributed by atoms with Gasteiger partial charge in [-0.15, -0.1) is 5.92 Å². The van der Waals surface area contributed by atoms with Gasteiger partial charge in [0.1, 0.15) is 0 Å². The van der Waals surface area contributed by atoms with Gasteiger partial charge in [0.05, 0.1) is 6.54 Å². The van der Waals surface area contributed by atoms with Crippen LogP contribution >= 0.6 is 0 Å². The lowest BCUT2D eigenvalue weighted by molar-refractivity contribution is 0.571. The third kappa shape index (κ3) is 7.77. The lowest BCUT2D eigenvalue weighted by Gasteiger charge is -2.09. The summed E-state index contributed by atoms with van der Waals surface area (Å²) < 4.78 is 10.7. The van der Waals surface area contributed by atoms with Crippen molar-refractivity contribution < 1.29 is 4.21 Å². The van der Waals surface area contributed by atoms with E-state index in [9.17, 15) is 4.21 Å². The van der Waals surface area contributed by atoms with Crippen molar-refractivity contribution in [2.75, 3.05) is 18.6 Å². The van der Waals surface area contributed by atoms with Gasteiger partial charge in [-0.3, -0.25) is 4.21 Å². The molecular weight excluding hydrogens is 170 g/mol. The van der Waals surface area contributed by atoms with Crippen LogP contribution in [0.5, 0.6) is 0 Å². The van der Waals surface area contributed by atoms with E-state index >= 15 is 0 Å². The second-order valence-electron chi connectivity index (χ2n) is 2.77. The predicted octanol–water partition coefficient (Wildman–Crippen LogP) is 0.756. The van der Waals surface area contributed by atoms with E-state index in [1.807, 2.05) is 6.92 Å². The van der Waals surface area contributed by atoms with Gasteiger partial charge in [0.2, 0.25) is 0 Å². The molecule has 0 bridgehead atoms. The van der Waals surface area contributed by atoms with Crippen LogP contribution in [-0.2, 0) is 10.8 Å². The molecule has 3 heteroatoms. The zero-order chi connectivity index (χ0) is 9.40. The Labute approximate surface area is 77.6 Å². The topological polar surface area (TPSA) is 29.1 Å². The van der Waals surface area contributed by atoms with Crippen molar-refractivity contribution in [3.8, 4) is 11.8 Å². The van der Waals surface area contributed by atoms with Crippen molar-refractivity contribution in [3.05, 3.63) is 0 Å². The molecule has 0 saturated carbocycles. The minimum absolute atomic E-state index is 0.412. The fourth-order valence-corrected chi connectivity index (χ4v) is 1.44. The van der Waals surface area contributed by atoms with Crippen molar-refractivity contribution >= 4 is 10.8 Å². The molecule has 0 aliphatic rings. The highest BCUT2D eigenvalue weighted by Crippen LogP contribution is 1.91. The molecule has 2 nitrogen and oxygen atoms in total. The standard InChI is InChI=1S/C9H17NOS/c1-4-5-7-10-9(2)6-8-12(3)11/h9-10H,6-8H2,1-3H3. The average Bonchev–Trinajstić information content (AvgIpc) is 2.01. The first kappa shape index (κ1) is 11.7.